The zero-order chi connectivity index (χ0) is 13.2. The van der Waals surface area contributed by atoms with Gasteiger partial charge >= 0.3 is 0 Å². The van der Waals surface area contributed by atoms with Gasteiger partial charge in [-0.1, -0.05) is 6.07 Å². The third-order valence-electron chi connectivity index (χ3n) is 4.02. The summed E-state index contributed by atoms with van der Waals surface area (Å²) in [5.41, 5.74) is 0.510. The zero-order valence-electron chi connectivity index (χ0n) is 10.9. The molecule has 3 nitrogen and oxygen atoms in total. The standard InChI is InChI=1S/C14H20FNO2/c1-10(17)14(5-7-16-8-6-14)11-3-4-13(18-2)12(15)9-11/h3-4,9-10,16-17H,5-8H2,1-2H3. The van der Waals surface area contributed by atoms with Gasteiger partial charge in [0.1, 0.15) is 0 Å². The second-order valence-electron chi connectivity index (χ2n) is 4.93. The van der Waals surface area contributed by atoms with E-state index in [1.807, 2.05) is 6.07 Å². The van der Waals surface area contributed by atoms with Gasteiger partial charge in [0.15, 0.2) is 11.6 Å². The van der Waals surface area contributed by atoms with E-state index in [1.165, 1.54) is 13.2 Å². The monoisotopic (exact) mass is 253 g/mol. The number of hydrogen-bond donors (Lipinski definition) is 2. The van der Waals surface area contributed by atoms with Crippen molar-refractivity contribution >= 4 is 0 Å². The van der Waals surface area contributed by atoms with Crippen molar-refractivity contribution in [1.29, 1.82) is 0 Å². The molecule has 0 amide bonds. The van der Waals surface area contributed by atoms with Gasteiger partial charge in [0.05, 0.1) is 13.2 Å². The molecule has 0 saturated carbocycles. The van der Waals surface area contributed by atoms with Crippen molar-refractivity contribution in [2.24, 2.45) is 0 Å². The molecule has 1 atom stereocenters. The summed E-state index contributed by atoms with van der Waals surface area (Å²) in [6, 6.07) is 4.99. The van der Waals surface area contributed by atoms with Crippen LogP contribution in [-0.2, 0) is 5.41 Å². The maximum atomic E-state index is 13.8. The molecule has 0 radical (unpaired) electrons. The number of benzene rings is 1. The zero-order valence-corrected chi connectivity index (χ0v) is 10.9. The molecule has 1 aromatic carbocycles. The highest BCUT2D eigenvalue weighted by Crippen LogP contribution is 2.38. The number of hydrogen-bond acceptors (Lipinski definition) is 3. The molecule has 1 heterocycles. The molecule has 2 rings (SSSR count). The summed E-state index contributed by atoms with van der Waals surface area (Å²) in [5.74, 6) is -0.123. The molecule has 0 aromatic heterocycles. The average molecular weight is 253 g/mol. The minimum Gasteiger partial charge on any atom is -0.494 e. The van der Waals surface area contributed by atoms with Gasteiger partial charge in [0.25, 0.3) is 0 Å². The summed E-state index contributed by atoms with van der Waals surface area (Å²) < 4.78 is 18.7. The van der Waals surface area contributed by atoms with E-state index in [1.54, 1.807) is 13.0 Å². The molecular formula is C14H20FNO2. The molecule has 1 aliphatic heterocycles. The van der Waals surface area contributed by atoms with Crippen LogP contribution in [0.4, 0.5) is 4.39 Å². The number of piperidine rings is 1. The van der Waals surface area contributed by atoms with Crippen molar-refractivity contribution in [3.05, 3.63) is 29.6 Å². The highest BCUT2D eigenvalue weighted by atomic mass is 19.1. The minimum atomic E-state index is -0.493. The summed E-state index contributed by atoms with van der Waals surface area (Å²) in [5, 5.41) is 13.4. The molecule has 1 fully saturated rings. The fourth-order valence-corrected chi connectivity index (χ4v) is 2.80. The van der Waals surface area contributed by atoms with Crippen molar-refractivity contribution in [3.63, 3.8) is 0 Å². The highest BCUT2D eigenvalue weighted by molar-refractivity contribution is 5.35. The lowest BCUT2D eigenvalue weighted by molar-refractivity contribution is 0.0730. The van der Waals surface area contributed by atoms with Gasteiger partial charge in [-0.3, -0.25) is 0 Å². The molecule has 18 heavy (non-hydrogen) atoms. The number of halogens is 1. The first-order chi connectivity index (χ1) is 8.60. The van der Waals surface area contributed by atoms with Crippen LogP contribution in [0.1, 0.15) is 25.3 Å². The van der Waals surface area contributed by atoms with Crippen molar-refractivity contribution < 1.29 is 14.2 Å². The molecule has 0 spiro atoms. The van der Waals surface area contributed by atoms with Gasteiger partial charge < -0.3 is 15.2 Å². The molecule has 1 saturated heterocycles. The molecule has 1 aromatic rings. The Kier molecular flexibility index (Phi) is 3.88. The first-order valence-corrected chi connectivity index (χ1v) is 6.33. The van der Waals surface area contributed by atoms with E-state index in [4.69, 9.17) is 4.74 Å². The maximum Gasteiger partial charge on any atom is 0.165 e. The van der Waals surface area contributed by atoms with Crippen LogP contribution in [0.5, 0.6) is 5.75 Å². The number of aliphatic hydroxyl groups excluding tert-OH is 1. The smallest absolute Gasteiger partial charge is 0.165 e. The molecule has 0 bridgehead atoms. The normalized spacial score (nSPS) is 20.4. The van der Waals surface area contributed by atoms with Crippen LogP contribution in [0, 0.1) is 5.82 Å². The fraction of sp³-hybridized carbons (Fsp3) is 0.571. The molecule has 1 unspecified atom stereocenters. The van der Waals surface area contributed by atoms with Crippen molar-refractivity contribution in [3.8, 4) is 5.75 Å². The highest BCUT2D eigenvalue weighted by Gasteiger charge is 2.38. The Morgan fingerprint density at radius 1 is 1.39 bits per heavy atom. The number of ether oxygens (including phenoxy) is 1. The first-order valence-electron chi connectivity index (χ1n) is 6.33. The summed E-state index contributed by atoms with van der Waals surface area (Å²) in [7, 11) is 1.45. The van der Waals surface area contributed by atoms with Gasteiger partial charge in [-0.15, -0.1) is 0 Å². The number of aliphatic hydroxyl groups is 1. The fourth-order valence-electron chi connectivity index (χ4n) is 2.80. The second kappa shape index (κ2) is 5.24. The molecule has 4 heteroatoms. The van der Waals surface area contributed by atoms with Crippen molar-refractivity contribution in [1.82, 2.24) is 5.32 Å². The van der Waals surface area contributed by atoms with E-state index < -0.39 is 6.10 Å². The summed E-state index contributed by atoms with van der Waals surface area (Å²) in [4.78, 5) is 0. The minimum absolute atomic E-state index is 0.244. The number of nitrogens with one attached hydrogen (secondary N) is 1. The van der Waals surface area contributed by atoms with Gasteiger partial charge in [-0.05, 0) is 50.6 Å². The lowest BCUT2D eigenvalue weighted by atomic mass is 9.69. The van der Waals surface area contributed by atoms with E-state index in [0.717, 1.165) is 31.5 Å². The summed E-state index contributed by atoms with van der Waals surface area (Å²) >= 11 is 0. The lowest BCUT2D eigenvalue weighted by Gasteiger charge is -2.40. The molecular weight excluding hydrogens is 233 g/mol. The Bertz CT molecular complexity index is 414. The largest absolute Gasteiger partial charge is 0.494 e. The van der Waals surface area contributed by atoms with E-state index in [-0.39, 0.29) is 17.0 Å². The maximum absolute atomic E-state index is 13.8. The van der Waals surface area contributed by atoms with E-state index in [2.05, 4.69) is 5.32 Å². The molecule has 2 N–H and O–H groups in total. The number of rotatable bonds is 3. The molecule has 0 aliphatic carbocycles. The van der Waals surface area contributed by atoms with Crippen molar-refractivity contribution in [2.45, 2.75) is 31.3 Å². The van der Waals surface area contributed by atoms with E-state index in [9.17, 15) is 9.50 Å². The van der Waals surface area contributed by atoms with E-state index >= 15 is 0 Å². The predicted molar refractivity (Wildman–Crippen MR) is 68.4 cm³/mol. The second-order valence-corrected chi connectivity index (χ2v) is 4.93. The van der Waals surface area contributed by atoms with Crippen LogP contribution in [0.25, 0.3) is 0 Å². The quantitative estimate of drug-likeness (QED) is 0.863. The topological polar surface area (TPSA) is 41.5 Å². The van der Waals surface area contributed by atoms with Crippen LogP contribution >= 0.6 is 0 Å². The van der Waals surface area contributed by atoms with Crippen LogP contribution in [0.15, 0.2) is 18.2 Å². The Morgan fingerprint density at radius 2 is 2.06 bits per heavy atom. The third kappa shape index (κ3) is 2.22. The SMILES string of the molecule is COc1ccc(C2(C(C)O)CCNCC2)cc1F. The van der Waals surface area contributed by atoms with Crippen LogP contribution in [-0.4, -0.2) is 31.4 Å². The van der Waals surface area contributed by atoms with E-state index in [0.29, 0.717) is 0 Å². The summed E-state index contributed by atoms with van der Waals surface area (Å²) in [6.45, 7) is 3.48. The van der Waals surface area contributed by atoms with Crippen LogP contribution in [0.2, 0.25) is 0 Å². The van der Waals surface area contributed by atoms with Gasteiger partial charge in [-0.25, -0.2) is 4.39 Å². The first kappa shape index (κ1) is 13.3. The van der Waals surface area contributed by atoms with Gasteiger partial charge in [-0.2, -0.15) is 0 Å². The molecule has 100 valence electrons. The predicted octanol–water partition coefficient (Wildman–Crippen LogP) is 1.84. The lowest BCUT2D eigenvalue weighted by Crippen LogP contribution is -2.46. The average Bonchev–Trinajstić information content (AvgIpc) is 2.39. The number of methoxy groups -OCH3 is 1. The third-order valence-corrected chi connectivity index (χ3v) is 4.02. The Morgan fingerprint density at radius 3 is 2.56 bits per heavy atom. The summed E-state index contributed by atoms with van der Waals surface area (Å²) in [6.07, 6.45) is 1.14. The Balaban J connectivity index is 2.39. The Hall–Kier alpha value is -1.13. The van der Waals surface area contributed by atoms with Crippen LogP contribution in [0.3, 0.4) is 0 Å². The Labute approximate surface area is 107 Å². The molecule has 1 aliphatic rings. The van der Waals surface area contributed by atoms with Gasteiger partial charge in [0, 0.05) is 5.41 Å². The van der Waals surface area contributed by atoms with Crippen LogP contribution < -0.4 is 10.1 Å². The van der Waals surface area contributed by atoms with Crippen molar-refractivity contribution in [2.75, 3.05) is 20.2 Å². The van der Waals surface area contributed by atoms with Gasteiger partial charge in [0.2, 0.25) is 0 Å².